The van der Waals surface area contributed by atoms with Crippen molar-refractivity contribution in [3.8, 4) is 0 Å². The summed E-state index contributed by atoms with van der Waals surface area (Å²) in [7, 11) is 0. The van der Waals surface area contributed by atoms with Crippen molar-refractivity contribution in [2.24, 2.45) is 0 Å². The van der Waals surface area contributed by atoms with Gasteiger partial charge in [-0.25, -0.2) is 0 Å². The molecule has 0 aliphatic heterocycles. The molecule has 2 rings (SSSR count). The molecule has 0 aliphatic carbocycles. The van der Waals surface area contributed by atoms with Crippen molar-refractivity contribution in [3.63, 3.8) is 0 Å². The van der Waals surface area contributed by atoms with Gasteiger partial charge in [0.15, 0.2) is 4.34 Å². The maximum atomic E-state index is 10.5. The lowest BCUT2D eigenvalue weighted by molar-refractivity contribution is -0.133. The quantitative estimate of drug-likeness (QED) is 0.727. The summed E-state index contributed by atoms with van der Waals surface area (Å²) in [5.74, 6) is -0.834. The third kappa shape index (κ3) is 5.73. The van der Waals surface area contributed by atoms with Crippen LogP contribution >= 0.6 is 23.1 Å². The summed E-state index contributed by atoms with van der Waals surface area (Å²) in [4.78, 5) is 10.5. The summed E-state index contributed by atoms with van der Waals surface area (Å²) >= 11 is 2.58. The molecule has 1 aromatic carbocycles. The Bertz CT molecular complexity index is 575. The Morgan fingerprint density at radius 1 is 1.38 bits per heavy atom. The van der Waals surface area contributed by atoms with Crippen molar-refractivity contribution in [2.75, 3.05) is 11.1 Å². The number of aromatic nitrogens is 2. The second-order valence-corrected chi connectivity index (χ2v) is 6.83. The molecule has 0 saturated heterocycles. The van der Waals surface area contributed by atoms with Gasteiger partial charge in [-0.15, -0.1) is 10.2 Å². The second-order valence-electron chi connectivity index (χ2n) is 4.63. The van der Waals surface area contributed by atoms with Crippen molar-refractivity contribution in [1.82, 2.24) is 10.2 Å². The summed E-state index contributed by atoms with van der Waals surface area (Å²) < 4.78 is 0.676. The predicted molar refractivity (Wildman–Crippen MR) is 86.1 cm³/mol. The fourth-order valence-corrected chi connectivity index (χ4v) is 3.34. The van der Waals surface area contributed by atoms with Crippen molar-refractivity contribution in [1.29, 1.82) is 0 Å². The van der Waals surface area contributed by atoms with Crippen LogP contribution in [0.2, 0.25) is 0 Å². The van der Waals surface area contributed by atoms with E-state index in [4.69, 9.17) is 5.11 Å². The van der Waals surface area contributed by atoms with Gasteiger partial charge in [0.1, 0.15) is 0 Å². The van der Waals surface area contributed by atoms with Crippen molar-refractivity contribution in [2.45, 2.75) is 30.1 Å². The van der Waals surface area contributed by atoms with Crippen LogP contribution in [0.1, 0.15) is 18.9 Å². The molecule has 1 atom stereocenters. The minimum Gasteiger partial charge on any atom is -0.481 e. The molecule has 112 valence electrons. The molecule has 0 radical (unpaired) electrons. The number of thioether (sulfide) groups is 1. The average molecular weight is 323 g/mol. The normalized spacial score (nSPS) is 12.0. The first kappa shape index (κ1) is 15.8. The summed E-state index contributed by atoms with van der Waals surface area (Å²) in [6.45, 7) is 2.11. The molecule has 2 aromatic rings. The van der Waals surface area contributed by atoms with Gasteiger partial charge in [-0.3, -0.25) is 4.79 Å². The molecule has 2 N–H and O–H groups in total. The predicted octanol–water partition coefficient (Wildman–Crippen LogP) is 3.15. The molecule has 0 aliphatic rings. The summed E-state index contributed by atoms with van der Waals surface area (Å²) in [6, 6.07) is 10.6. The van der Waals surface area contributed by atoms with Gasteiger partial charge >= 0.3 is 5.97 Å². The number of carbonyl (C=O) groups is 1. The molecule has 0 spiro atoms. The number of hydrogen-bond donors (Lipinski definition) is 2. The zero-order valence-corrected chi connectivity index (χ0v) is 13.3. The highest BCUT2D eigenvalue weighted by Crippen LogP contribution is 2.26. The van der Waals surface area contributed by atoms with E-state index in [9.17, 15) is 4.79 Å². The van der Waals surface area contributed by atoms with E-state index >= 15 is 0 Å². The fraction of sp³-hybridized carbons (Fsp3) is 0.357. The van der Waals surface area contributed by atoms with E-state index in [0.29, 0.717) is 4.34 Å². The average Bonchev–Trinajstić information content (AvgIpc) is 2.91. The smallest absolute Gasteiger partial charge is 0.313 e. The number of carboxylic acid groups (broad SMARTS) is 1. The molecule has 1 aromatic heterocycles. The molecule has 7 heteroatoms. The number of benzene rings is 1. The Kier molecular flexibility index (Phi) is 6.01. The highest BCUT2D eigenvalue weighted by molar-refractivity contribution is 8.01. The minimum atomic E-state index is -0.846. The van der Waals surface area contributed by atoms with Crippen LogP contribution in [-0.2, 0) is 11.2 Å². The van der Waals surface area contributed by atoms with Crippen LogP contribution in [0.25, 0.3) is 0 Å². The van der Waals surface area contributed by atoms with Crippen LogP contribution in [0.3, 0.4) is 0 Å². The van der Waals surface area contributed by atoms with Crippen LogP contribution in [0.15, 0.2) is 34.7 Å². The molecule has 0 bridgehead atoms. The summed E-state index contributed by atoms with van der Waals surface area (Å²) in [6.07, 6.45) is 2.01. The lowest BCUT2D eigenvalue weighted by atomic mass is 10.1. The lowest BCUT2D eigenvalue weighted by Gasteiger charge is -2.12. The van der Waals surface area contributed by atoms with E-state index in [-0.39, 0.29) is 11.8 Å². The highest BCUT2D eigenvalue weighted by Gasteiger charge is 2.09. The number of rotatable bonds is 8. The number of aliphatic carboxylic acids is 1. The fourth-order valence-electron chi connectivity index (χ4n) is 1.76. The van der Waals surface area contributed by atoms with Crippen molar-refractivity contribution >= 4 is 34.2 Å². The van der Waals surface area contributed by atoms with Gasteiger partial charge in [0.05, 0.1) is 5.75 Å². The van der Waals surface area contributed by atoms with Gasteiger partial charge < -0.3 is 10.4 Å². The SMILES string of the molecule is CC(CCc1ccccc1)Nc1nnc(SCC(=O)O)s1. The standard InChI is InChI=1S/C14H17N3O2S2/c1-10(7-8-11-5-3-2-4-6-11)15-13-16-17-14(21-13)20-9-12(18)19/h2-6,10H,7-9H2,1H3,(H,15,16)(H,18,19). The molecule has 1 heterocycles. The molecule has 1 unspecified atom stereocenters. The second kappa shape index (κ2) is 7.99. The molecule has 0 fully saturated rings. The Labute approximate surface area is 131 Å². The van der Waals surface area contributed by atoms with Gasteiger partial charge in [0.25, 0.3) is 0 Å². The Balaban J connectivity index is 1.77. The number of nitrogens with zero attached hydrogens (tertiary/aromatic N) is 2. The zero-order valence-electron chi connectivity index (χ0n) is 11.7. The van der Waals surface area contributed by atoms with Crippen LogP contribution in [0.5, 0.6) is 0 Å². The monoisotopic (exact) mass is 323 g/mol. The lowest BCUT2D eigenvalue weighted by Crippen LogP contribution is -2.15. The molecule has 21 heavy (non-hydrogen) atoms. The third-order valence-electron chi connectivity index (χ3n) is 2.80. The molecule has 5 nitrogen and oxygen atoms in total. The number of carboxylic acids is 1. The van der Waals surface area contributed by atoms with Crippen LogP contribution in [-0.4, -0.2) is 33.1 Å². The molecule has 0 saturated carbocycles. The van der Waals surface area contributed by atoms with Crippen molar-refractivity contribution < 1.29 is 9.90 Å². The third-order valence-corrected chi connectivity index (χ3v) is 4.78. The van der Waals surface area contributed by atoms with E-state index < -0.39 is 5.97 Å². The van der Waals surface area contributed by atoms with Gasteiger partial charge in [0.2, 0.25) is 5.13 Å². The first-order chi connectivity index (χ1) is 10.1. The number of nitrogens with one attached hydrogen (secondary N) is 1. The largest absolute Gasteiger partial charge is 0.481 e. The maximum absolute atomic E-state index is 10.5. The van der Waals surface area contributed by atoms with Gasteiger partial charge in [-0.2, -0.15) is 0 Å². The Morgan fingerprint density at radius 3 is 2.86 bits per heavy atom. The van der Waals surface area contributed by atoms with Gasteiger partial charge in [-0.05, 0) is 25.3 Å². The van der Waals surface area contributed by atoms with E-state index in [1.807, 2.05) is 18.2 Å². The molecular formula is C14H17N3O2S2. The van der Waals surface area contributed by atoms with Gasteiger partial charge in [0, 0.05) is 6.04 Å². The Morgan fingerprint density at radius 2 is 2.14 bits per heavy atom. The van der Waals surface area contributed by atoms with Crippen molar-refractivity contribution in [3.05, 3.63) is 35.9 Å². The Hall–Kier alpha value is -1.60. The van der Waals surface area contributed by atoms with E-state index in [0.717, 1.165) is 18.0 Å². The van der Waals surface area contributed by atoms with E-state index in [1.165, 1.54) is 28.7 Å². The van der Waals surface area contributed by atoms with Gasteiger partial charge in [-0.1, -0.05) is 53.4 Å². The topological polar surface area (TPSA) is 75.1 Å². The number of anilines is 1. The maximum Gasteiger partial charge on any atom is 0.313 e. The zero-order chi connectivity index (χ0) is 15.1. The number of hydrogen-bond acceptors (Lipinski definition) is 6. The summed E-state index contributed by atoms with van der Waals surface area (Å²) in [5, 5.41) is 20.7. The van der Waals surface area contributed by atoms with Crippen LogP contribution in [0, 0.1) is 0 Å². The van der Waals surface area contributed by atoms with Crippen LogP contribution < -0.4 is 5.32 Å². The van der Waals surface area contributed by atoms with E-state index in [1.54, 1.807) is 0 Å². The molecule has 0 amide bonds. The first-order valence-electron chi connectivity index (χ1n) is 6.62. The van der Waals surface area contributed by atoms with Crippen LogP contribution in [0.4, 0.5) is 5.13 Å². The first-order valence-corrected chi connectivity index (χ1v) is 8.42. The van der Waals surface area contributed by atoms with E-state index in [2.05, 4.69) is 34.6 Å². The summed E-state index contributed by atoms with van der Waals surface area (Å²) in [5.41, 5.74) is 1.32. The highest BCUT2D eigenvalue weighted by atomic mass is 32.2. The number of aryl methyl sites for hydroxylation is 1. The minimum absolute atomic E-state index is 0.0121. The molecular weight excluding hydrogens is 306 g/mol.